The topological polar surface area (TPSA) is 58.0 Å². The molecule has 2 heterocycles. The van der Waals surface area contributed by atoms with Crippen molar-refractivity contribution in [3.8, 4) is 16.9 Å². The van der Waals surface area contributed by atoms with Crippen LogP contribution in [0.25, 0.3) is 22.1 Å². The predicted molar refractivity (Wildman–Crippen MR) is 137 cm³/mol. The maximum Gasteiger partial charge on any atom is 0.234 e. The molecule has 4 rings (SSSR count). The van der Waals surface area contributed by atoms with Crippen molar-refractivity contribution in [3.63, 3.8) is 0 Å². The number of benzene rings is 2. The van der Waals surface area contributed by atoms with E-state index in [9.17, 15) is 4.79 Å². The van der Waals surface area contributed by atoms with Crippen LogP contribution >= 0.6 is 0 Å². The fourth-order valence-corrected chi connectivity index (χ4v) is 4.49. The first-order chi connectivity index (χ1) is 16.6. The second kappa shape index (κ2) is 12.0. The molecule has 1 fully saturated rings. The molecular weight excluding hydrogens is 426 g/mol. The van der Waals surface area contributed by atoms with E-state index in [4.69, 9.17) is 9.15 Å². The van der Waals surface area contributed by atoms with Gasteiger partial charge in [-0.05, 0) is 57.4 Å². The van der Waals surface area contributed by atoms with Gasteiger partial charge in [-0.3, -0.25) is 9.69 Å². The molecule has 1 aromatic heterocycles. The zero-order chi connectivity index (χ0) is 23.8. The Balaban J connectivity index is 1.11. The third-order valence-electron chi connectivity index (χ3n) is 6.30. The van der Waals surface area contributed by atoms with E-state index >= 15 is 0 Å². The first-order valence-corrected chi connectivity index (χ1v) is 12.5. The van der Waals surface area contributed by atoms with Gasteiger partial charge < -0.3 is 19.4 Å². The van der Waals surface area contributed by atoms with E-state index in [-0.39, 0.29) is 11.9 Å². The number of nitrogens with zero attached hydrogens (tertiary/aromatic N) is 2. The predicted octanol–water partition coefficient (Wildman–Crippen LogP) is 4.79. The van der Waals surface area contributed by atoms with Crippen molar-refractivity contribution in [1.29, 1.82) is 0 Å². The highest BCUT2D eigenvalue weighted by atomic mass is 16.5. The lowest BCUT2D eigenvalue weighted by atomic mass is 10.1. The molecule has 6 nitrogen and oxygen atoms in total. The number of hydrogen-bond acceptors (Lipinski definition) is 5. The SMILES string of the molecule is CC(C)NC(=O)CN1CCN(CCCCCOc2ccc3c(-c4ccccc4)coc3c2)CC1. The first kappa shape index (κ1) is 24.3. The van der Waals surface area contributed by atoms with Gasteiger partial charge in [0.2, 0.25) is 5.91 Å². The van der Waals surface area contributed by atoms with Crippen LogP contribution in [0.15, 0.2) is 59.2 Å². The number of carbonyl (C=O) groups excluding carboxylic acids is 1. The standard InChI is InChI=1S/C28H37N3O3/c1-22(2)29-28(32)20-31-16-14-30(15-17-31)13-7-4-8-18-33-24-11-12-25-26(21-34-27(25)19-24)23-9-5-3-6-10-23/h3,5-6,9-12,19,21-22H,4,7-8,13-18,20H2,1-2H3,(H,29,32). The molecule has 34 heavy (non-hydrogen) atoms. The van der Waals surface area contributed by atoms with E-state index in [1.807, 2.05) is 50.4 Å². The van der Waals surface area contributed by atoms with E-state index in [0.29, 0.717) is 6.54 Å². The molecule has 1 N–H and O–H groups in total. The van der Waals surface area contributed by atoms with Crippen molar-refractivity contribution in [3.05, 3.63) is 54.8 Å². The Labute approximate surface area is 202 Å². The molecular formula is C28H37N3O3. The van der Waals surface area contributed by atoms with E-state index in [2.05, 4.69) is 33.3 Å². The Kier molecular flexibility index (Phi) is 8.61. The zero-order valence-electron chi connectivity index (χ0n) is 20.5. The highest BCUT2D eigenvalue weighted by molar-refractivity contribution is 5.94. The summed E-state index contributed by atoms with van der Waals surface area (Å²) >= 11 is 0. The summed E-state index contributed by atoms with van der Waals surface area (Å²) < 4.78 is 11.8. The van der Waals surface area contributed by atoms with Crippen LogP contribution in [0.5, 0.6) is 5.75 Å². The second-order valence-electron chi connectivity index (χ2n) is 9.42. The van der Waals surface area contributed by atoms with Gasteiger partial charge in [0.25, 0.3) is 0 Å². The summed E-state index contributed by atoms with van der Waals surface area (Å²) in [5, 5.41) is 4.08. The fourth-order valence-electron chi connectivity index (χ4n) is 4.49. The fraction of sp³-hybridized carbons (Fsp3) is 0.464. The minimum absolute atomic E-state index is 0.131. The van der Waals surface area contributed by atoms with Crippen molar-refractivity contribution in [2.75, 3.05) is 45.9 Å². The smallest absolute Gasteiger partial charge is 0.234 e. The minimum atomic E-state index is 0.131. The lowest BCUT2D eigenvalue weighted by Gasteiger charge is -2.34. The van der Waals surface area contributed by atoms with Crippen molar-refractivity contribution in [1.82, 2.24) is 15.1 Å². The molecule has 1 aliphatic heterocycles. The Morgan fingerprint density at radius 2 is 1.76 bits per heavy atom. The first-order valence-electron chi connectivity index (χ1n) is 12.5. The molecule has 0 atom stereocenters. The van der Waals surface area contributed by atoms with Crippen LogP contribution in [-0.2, 0) is 4.79 Å². The van der Waals surface area contributed by atoms with Crippen LogP contribution < -0.4 is 10.1 Å². The molecule has 3 aromatic rings. The van der Waals surface area contributed by atoms with Crippen molar-refractivity contribution >= 4 is 16.9 Å². The van der Waals surface area contributed by atoms with Gasteiger partial charge >= 0.3 is 0 Å². The van der Waals surface area contributed by atoms with Gasteiger partial charge in [-0.2, -0.15) is 0 Å². The van der Waals surface area contributed by atoms with Crippen molar-refractivity contribution in [2.45, 2.75) is 39.2 Å². The van der Waals surface area contributed by atoms with Crippen LogP contribution in [0.1, 0.15) is 33.1 Å². The zero-order valence-corrected chi connectivity index (χ0v) is 20.5. The molecule has 1 aliphatic rings. The number of nitrogens with one attached hydrogen (secondary N) is 1. The lowest BCUT2D eigenvalue weighted by Crippen LogP contribution is -2.50. The van der Waals surface area contributed by atoms with Crippen molar-refractivity contribution in [2.24, 2.45) is 0 Å². The summed E-state index contributed by atoms with van der Waals surface area (Å²) in [4.78, 5) is 16.7. The van der Waals surface area contributed by atoms with Gasteiger partial charge in [-0.15, -0.1) is 0 Å². The summed E-state index contributed by atoms with van der Waals surface area (Å²) in [6, 6.07) is 16.6. The van der Waals surface area contributed by atoms with Crippen LogP contribution in [0, 0.1) is 0 Å². The largest absolute Gasteiger partial charge is 0.493 e. The Morgan fingerprint density at radius 3 is 2.53 bits per heavy atom. The molecule has 0 radical (unpaired) electrons. The summed E-state index contributed by atoms with van der Waals surface area (Å²) in [5.74, 6) is 0.991. The molecule has 0 saturated carbocycles. The molecule has 0 spiro atoms. The number of piperazine rings is 1. The van der Waals surface area contributed by atoms with E-state index in [0.717, 1.165) is 80.0 Å². The van der Waals surface area contributed by atoms with Crippen molar-refractivity contribution < 1.29 is 13.9 Å². The van der Waals surface area contributed by atoms with Crippen LogP contribution in [0.4, 0.5) is 0 Å². The quantitative estimate of drug-likeness (QED) is 0.414. The van der Waals surface area contributed by atoms with Gasteiger partial charge in [-0.25, -0.2) is 0 Å². The molecule has 2 aromatic carbocycles. The average Bonchev–Trinajstić information content (AvgIpc) is 3.26. The molecule has 6 heteroatoms. The molecule has 0 unspecified atom stereocenters. The summed E-state index contributed by atoms with van der Waals surface area (Å²) in [7, 11) is 0. The molecule has 0 aliphatic carbocycles. The average molecular weight is 464 g/mol. The summed E-state index contributed by atoms with van der Waals surface area (Å²) in [6.45, 7) is 10.4. The number of amides is 1. The minimum Gasteiger partial charge on any atom is -0.493 e. The number of ether oxygens (including phenoxy) is 1. The van der Waals surface area contributed by atoms with E-state index in [1.54, 1.807) is 0 Å². The molecule has 0 bridgehead atoms. The molecule has 1 amide bonds. The number of rotatable bonds is 11. The number of unbranched alkanes of at least 4 members (excludes halogenated alkanes) is 2. The van der Waals surface area contributed by atoms with Gasteiger partial charge in [0, 0.05) is 49.2 Å². The normalized spacial score (nSPS) is 15.1. The second-order valence-corrected chi connectivity index (χ2v) is 9.42. The number of furan rings is 1. The molecule has 1 saturated heterocycles. The van der Waals surface area contributed by atoms with Gasteiger partial charge in [0.15, 0.2) is 0 Å². The Morgan fingerprint density at radius 1 is 1.00 bits per heavy atom. The van der Waals surface area contributed by atoms with Crippen LogP contribution in [0.3, 0.4) is 0 Å². The Bertz CT molecular complexity index is 1040. The highest BCUT2D eigenvalue weighted by Crippen LogP contribution is 2.32. The van der Waals surface area contributed by atoms with Gasteiger partial charge in [0.1, 0.15) is 11.3 Å². The summed E-state index contributed by atoms with van der Waals surface area (Å²) in [5.41, 5.74) is 3.13. The third-order valence-corrected chi connectivity index (χ3v) is 6.30. The van der Waals surface area contributed by atoms with E-state index < -0.39 is 0 Å². The third kappa shape index (κ3) is 6.84. The van der Waals surface area contributed by atoms with Crippen LogP contribution in [-0.4, -0.2) is 67.6 Å². The maximum atomic E-state index is 11.9. The number of fused-ring (bicyclic) bond motifs is 1. The Hall–Kier alpha value is -2.83. The van der Waals surface area contributed by atoms with Crippen LogP contribution in [0.2, 0.25) is 0 Å². The highest BCUT2D eigenvalue weighted by Gasteiger charge is 2.18. The summed E-state index contributed by atoms with van der Waals surface area (Å²) in [6.07, 6.45) is 5.19. The monoisotopic (exact) mass is 463 g/mol. The lowest BCUT2D eigenvalue weighted by molar-refractivity contribution is -0.123. The maximum absolute atomic E-state index is 11.9. The molecule has 182 valence electrons. The number of hydrogen-bond donors (Lipinski definition) is 1. The van der Waals surface area contributed by atoms with Gasteiger partial charge in [-0.1, -0.05) is 30.3 Å². The van der Waals surface area contributed by atoms with E-state index in [1.165, 1.54) is 6.42 Å². The van der Waals surface area contributed by atoms with Gasteiger partial charge in [0.05, 0.1) is 19.4 Å². The number of carbonyl (C=O) groups is 1.